The Kier molecular flexibility index (Phi) is 7.24. The number of nitro groups is 1. The summed E-state index contributed by atoms with van der Waals surface area (Å²) in [6.07, 6.45) is 0. The fraction of sp³-hybridized carbons (Fsp3) is 0.167. The fourth-order valence-corrected chi connectivity index (χ4v) is 3.18. The van der Waals surface area contributed by atoms with Gasteiger partial charge in [0, 0.05) is 28.7 Å². The number of nitrogens with one attached hydrogen (secondary N) is 4. The molecule has 3 aromatic rings. The van der Waals surface area contributed by atoms with Crippen LogP contribution in [-0.2, 0) is 0 Å². The molecule has 3 aromatic carbocycles. The number of nitrogens with zero attached hydrogens (tertiary/aromatic N) is 1. The Balaban J connectivity index is 1.64. The SMILES string of the molecule is Cc1ccc(NC(=O)Nc2ccccc2)cc1NC(=O)NC(C)c1ccc(C)c([N+](=O)[O-])c1. The lowest BCUT2D eigenvalue weighted by Gasteiger charge is -2.17. The van der Waals surface area contributed by atoms with Gasteiger partial charge in [-0.15, -0.1) is 0 Å². The average Bonchev–Trinajstić information content (AvgIpc) is 2.76. The largest absolute Gasteiger partial charge is 0.331 e. The van der Waals surface area contributed by atoms with Crippen LogP contribution in [0.15, 0.2) is 66.7 Å². The molecule has 0 aliphatic carbocycles. The zero-order valence-corrected chi connectivity index (χ0v) is 18.5. The normalized spacial score (nSPS) is 11.2. The molecule has 0 aromatic heterocycles. The first-order valence-corrected chi connectivity index (χ1v) is 10.3. The van der Waals surface area contributed by atoms with E-state index in [9.17, 15) is 19.7 Å². The molecule has 0 saturated heterocycles. The monoisotopic (exact) mass is 447 g/mol. The Hall–Kier alpha value is -4.40. The van der Waals surface area contributed by atoms with Crippen molar-refractivity contribution in [2.45, 2.75) is 26.8 Å². The van der Waals surface area contributed by atoms with Gasteiger partial charge in [-0.25, -0.2) is 9.59 Å². The first kappa shape index (κ1) is 23.3. The number of anilines is 3. The van der Waals surface area contributed by atoms with Crippen molar-refractivity contribution in [3.8, 4) is 0 Å². The van der Waals surface area contributed by atoms with Crippen molar-refractivity contribution < 1.29 is 14.5 Å². The first-order valence-electron chi connectivity index (χ1n) is 10.3. The summed E-state index contributed by atoms with van der Waals surface area (Å²) in [6.45, 7) is 5.24. The van der Waals surface area contributed by atoms with E-state index in [0.29, 0.717) is 28.2 Å². The molecule has 0 aliphatic heterocycles. The maximum Gasteiger partial charge on any atom is 0.323 e. The highest BCUT2D eigenvalue weighted by atomic mass is 16.6. The lowest BCUT2D eigenvalue weighted by Crippen LogP contribution is -2.31. The van der Waals surface area contributed by atoms with Gasteiger partial charge in [0.15, 0.2) is 0 Å². The highest BCUT2D eigenvalue weighted by Gasteiger charge is 2.16. The Morgan fingerprint density at radius 2 is 1.48 bits per heavy atom. The van der Waals surface area contributed by atoms with E-state index < -0.39 is 23.0 Å². The van der Waals surface area contributed by atoms with Crippen LogP contribution in [0.1, 0.15) is 29.7 Å². The second kappa shape index (κ2) is 10.3. The molecular formula is C24H25N5O4. The van der Waals surface area contributed by atoms with Crippen molar-refractivity contribution in [2.75, 3.05) is 16.0 Å². The van der Waals surface area contributed by atoms with Crippen LogP contribution >= 0.6 is 0 Å². The predicted octanol–water partition coefficient (Wildman–Crippen LogP) is 5.74. The zero-order chi connectivity index (χ0) is 24.0. The maximum atomic E-state index is 12.6. The minimum Gasteiger partial charge on any atom is -0.331 e. The lowest BCUT2D eigenvalue weighted by molar-refractivity contribution is -0.385. The summed E-state index contributed by atoms with van der Waals surface area (Å²) in [5.41, 5.74) is 3.66. The van der Waals surface area contributed by atoms with Gasteiger partial charge in [-0.3, -0.25) is 10.1 Å². The average molecular weight is 447 g/mol. The van der Waals surface area contributed by atoms with E-state index in [4.69, 9.17) is 0 Å². The van der Waals surface area contributed by atoms with Crippen LogP contribution in [0.25, 0.3) is 0 Å². The van der Waals surface area contributed by atoms with Gasteiger partial charge in [-0.2, -0.15) is 0 Å². The maximum absolute atomic E-state index is 12.6. The third-order valence-corrected chi connectivity index (χ3v) is 5.05. The van der Waals surface area contributed by atoms with E-state index in [2.05, 4.69) is 21.3 Å². The van der Waals surface area contributed by atoms with Crippen LogP contribution in [0.3, 0.4) is 0 Å². The highest BCUT2D eigenvalue weighted by molar-refractivity contribution is 6.00. The fourth-order valence-electron chi connectivity index (χ4n) is 3.18. The Bertz CT molecular complexity index is 1180. The minimum absolute atomic E-state index is 0.00459. The summed E-state index contributed by atoms with van der Waals surface area (Å²) in [5, 5.41) is 22.2. The summed E-state index contributed by atoms with van der Waals surface area (Å²) >= 11 is 0. The van der Waals surface area contributed by atoms with E-state index in [1.54, 1.807) is 56.3 Å². The van der Waals surface area contributed by atoms with Crippen LogP contribution in [0.2, 0.25) is 0 Å². The van der Waals surface area contributed by atoms with Crippen LogP contribution < -0.4 is 21.3 Å². The van der Waals surface area contributed by atoms with Crippen molar-refractivity contribution in [2.24, 2.45) is 0 Å². The van der Waals surface area contributed by atoms with Crippen molar-refractivity contribution in [3.05, 3.63) is 93.5 Å². The van der Waals surface area contributed by atoms with Crippen molar-refractivity contribution in [3.63, 3.8) is 0 Å². The third-order valence-electron chi connectivity index (χ3n) is 5.05. The molecule has 170 valence electrons. The molecule has 0 radical (unpaired) electrons. The number of amides is 4. The molecule has 4 amide bonds. The number of hydrogen-bond donors (Lipinski definition) is 4. The van der Waals surface area contributed by atoms with Gasteiger partial charge in [-0.05, 0) is 56.2 Å². The number of para-hydroxylation sites is 1. The molecule has 0 fully saturated rings. The predicted molar refractivity (Wildman–Crippen MR) is 129 cm³/mol. The van der Waals surface area contributed by atoms with Gasteiger partial charge in [0.25, 0.3) is 5.69 Å². The molecule has 4 N–H and O–H groups in total. The smallest absolute Gasteiger partial charge is 0.323 e. The van der Waals surface area contributed by atoms with Crippen molar-refractivity contribution >= 4 is 34.8 Å². The third kappa shape index (κ3) is 6.30. The van der Waals surface area contributed by atoms with E-state index in [-0.39, 0.29) is 5.69 Å². The van der Waals surface area contributed by atoms with Gasteiger partial charge in [-0.1, -0.05) is 36.4 Å². The topological polar surface area (TPSA) is 125 Å². The standard InChI is InChI=1S/C24H25N5O4/c1-15-10-12-20(27-24(31)26-19-7-5-4-6-8-19)14-21(15)28-23(30)25-17(3)18-11-9-16(2)22(13-18)29(32)33/h4-14,17H,1-3H3,(H2,25,28,30)(H2,26,27,31). The number of carbonyl (C=O) groups is 2. The molecule has 0 saturated carbocycles. The second-order valence-electron chi connectivity index (χ2n) is 7.60. The molecule has 33 heavy (non-hydrogen) atoms. The van der Waals surface area contributed by atoms with Crippen LogP contribution in [0, 0.1) is 24.0 Å². The quantitative estimate of drug-likeness (QED) is 0.284. The first-order chi connectivity index (χ1) is 15.7. The zero-order valence-electron chi connectivity index (χ0n) is 18.5. The lowest BCUT2D eigenvalue weighted by atomic mass is 10.0. The molecular weight excluding hydrogens is 422 g/mol. The van der Waals surface area contributed by atoms with Gasteiger partial charge in [0.2, 0.25) is 0 Å². The van der Waals surface area contributed by atoms with Crippen molar-refractivity contribution in [1.82, 2.24) is 5.32 Å². The van der Waals surface area contributed by atoms with Crippen LogP contribution in [-0.4, -0.2) is 17.0 Å². The number of urea groups is 2. The summed E-state index contributed by atoms with van der Waals surface area (Å²) in [6, 6.07) is 17.7. The van der Waals surface area contributed by atoms with Crippen LogP contribution in [0.4, 0.5) is 32.3 Å². The Labute approximate surface area is 191 Å². The summed E-state index contributed by atoms with van der Waals surface area (Å²) in [5.74, 6) is 0. The van der Waals surface area contributed by atoms with Crippen LogP contribution in [0.5, 0.6) is 0 Å². The van der Waals surface area contributed by atoms with Gasteiger partial charge >= 0.3 is 12.1 Å². The number of carbonyl (C=O) groups excluding carboxylic acids is 2. The molecule has 0 aliphatic rings. The molecule has 0 heterocycles. The minimum atomic E-state index is -0.472. The molecule has 9 nitrogen and oxygen atoms in total. The molecule has 1 unspecified atom stereocenters. The van der Waals surface area contributed by atoms with Gasteiger partial charge < -0.3 is 21.3 Å². The number of rotatable bonds is 6. The highest BCUT2D eigenvalue weighted by Crippen LogP contribution is 2.24. The van der Waals surface area contributed by atoms with E-state index >= 15 is 0 Å². The molecule has 9 heteroatoms. The summed E-state index contributed by atoms with van der Waals surface area (Å²) < 4.78 is 0. The number of hydrogen-bond acceptors (Lipinski definition) is 4. The van der Waals surface area contributed by atoms with E-state index in [1.807, 2.05) is 25.1 Å². The molecule has 3 rings (SSSR count). The summed E-state index contributed by atoms with van der Waals surface area (Å²) in [7, 11) is 0. The second-order valence-corrected chi connectivity index (χ2v) is 7.60. The van der Waals surface area contributed by atoms with Crippen molar-refractivity contribution in [1.29, 1.82) is 0 Å². The number of nitro benzene ring substituents is 1. The molecule has 0 spiro atoms. The Morgan fingerprint density at radius 1 is 0.818 bits per heavy atom. The van der Waals surface area contributed by atoms with Gasteiger partial charge in [0.1, 0.15) is 0 Å². The van der Waals surface area contributed by atoms with Gasteiger partial charge in [0.05, 0.1) is 11.0 Å². The summed E-state index contributed by atoms with van der Waals surface area (Å²) in [4.78, 5) is 35.5. The molecule has 1 atom stereocenters. The number of benzene rings is 3. The number of aryl methyl sites for hydroxylation is 2. The Morgan fingerprint density at radius 3 is 2.18 bits per heavy atom. The van der Waals surface area contributed by atoms with E-state index in [0.717, 1.165) is 5.56 Å². The molecule has 0 bridgehead atoms. The van der Waals surface area contributed by atoms with E-state index in [1.165, 1.54) is 6.07 Å².